The number of hydrogen-bond donors (Lipinski definition) is 2. The molecule has 0 aliphatic carbocycles. The Kier molecular flexibility index (Phi) is 4.96. The topological polar surface area (TPSA) is 111 Å². The van der Waals surface area contributed by atoms with Gasteiger partial charge in [0.1, 0.15) is 30.7 Å². The number of nitriles is 1. The first-order chi connectivity index (χ1) is 15.2. The fourth-order valence-electron chi connectivity index (χ4n) is 4.29. The van der Waals surface area contributed by atoms with Crippen molar-refractivity contribution in [3.05, 3.63) is 41.1 Å². The highest BCUT2D eigenvalue weighted by Gasteiger charge is 2.24. The van der Waals surface area contributed by atoms with Crippen LogP contribution in [0.15, 0.2) is 24.3 Å². The summed E-state index contributed by atoms with van der Waals surface area (Å²) in [6.07, 6.45) is 1.70. The molecular formula is C23H24N6O2. The quantitative estimate of drug-likeness (QED) is 0.675. The van der Waals surface area contributed by atoms with E-state index in [1.807, 2.05) is 22.9 Å². The lowest BCUT2D eigenvalue weighted by atomic mass is 9.93. The van der Waals surface area contributed by atoms with Crippen molar-refractivity contribution in [2.75, 3.05) is 25.5 Å². The van der Waals surface area contributed by atoms with E-state index in [2.05, 4.69) is 29.4 Å². The van der Waals surface area contributed by atoms with Gasteiger partial charge in [-0.1, -0.05) is 6.92 Å². The number of rotatable bonds is 3. The Labute approximate surface area is 180 Å². The SMILES string of the molecule is CCc1c(-c2ccc3c(c2)OCCO3)nc(N)c(C#N)c1-c1cc2n(n1)CCCNC2. The molecule has 2 aliphatic heterocycles. The van der Waals surface area contributed by atoms with E-state index in [1.165, 1.54) is 0 Å². The van der Waals surface area contributed by atoms with Crippen molar-refractivity contribution in [1.29, 1.82) is 5.26 Å². The van der Waals surface area contributed by atoms with Crippen LogP contribution in [0.25, 0.3) is 22.5 Å². The summed E-state index contributed by atoms with van der Waals surface area (Å²) >= 11 is 0. The molecule has 31 heavy (non-hydrogen) atoms. The molecule has 8 heteroatoms. The van der Waals surface area contributed by atoms with Gasteiger partial charge in [-0.25, -0.2) is 4.98 Å². The van der Waals surface area contributed by atoms with Crippen molar-refractivity contribution in [3.63, 3.8) is 0 Å². The molecule has 2 aromatic heterocycles. The van der Waals surface area contributed by atoms with Gasteiger partial charge in [0, 0.05) is 24.2 Å². The van der Waals surface area contributed by atoms with Crippen LogP contribution in [-0.4, -0.2) is 34.5 Å². The van der Waals surface area contributed by atoms with Crippen LogP contribution in [0.3, 0.4) is 0 Å². The predicted octanol–water partition coefficient (Wildman–Crippen LogP) is 2.89. The summed E-state index contributed by atoms with van der Waals surface area (Å²) in [4.78, 5) is 4.63. The Morgan fingerprint density at radius 3 is 2.87 bits per heavy atom. The van der Waals surface area contributed by atoms with E-state index < -0.39 is 0 Å². The molecule has 0 saturated carbocycles. The number of nitrogens with one attached hydrogen (secondary N) is 1. The van der Waals surface area contributed by atoms with Gasteiger partial charge < -0.3 is 20.5 Å². The molecule has 2 aliphatic rings. The number of aryl methyl sites for hydroxylation is 1. The molecule has 1 aromatic carbocycles. The number of nitrogens with two attached hydrogens (primary N) is 1. The molecule has 0 atom stereocenters. The van der Waals surface area contributed by atoms with Crippen molar-refractivity contribution in [3.8, 4) is 40.1 Å². The molecule has 0 bridgehead atoms. The van der Waals surface area contributed by atoms with Crippen molar-refractivity contribution < 1.29 is 9.47 Å². The van der Waals surface area contributed by atoms with Crippen LogP contribution in [-0.2, 0) is 19.5 Å². The van der Waals surface area contributed by atoms with Gasteiger partial charge in [-0.05, 0) is 49.2 Å². The number of ether oxygens (including phenoxy) is 2. The molecule has 0 radical (unpaired) electrons. The van der Waals surface area contributed by atoms with Gasteiger partial charge in [0.25, 0.3) is 0 Å². The van der Waals surface area contributed by atoms with Crippen molar-refractivity contribution in [2.24, 2.45) is 0 Å². The van der Waals surface area contributed by atoms with Gasteiger partial charge in [-0.2, -0.15) is 10.4 Å². The minimum absolute atomic E-state index is 0.209. The summed E-state index contributed by atoms with van der Waals surface area (Å²) in [6, 6.07) is 10.1. The third-order valence-electron chi connectivity index (χ3n) is 5.76. The first-order valence-corrected chi connectivity index (χ1v) is 10.6. The summed E-state index contributed by atoms with van der Waals surface area (Å²) in [6.45, 7) is 5.69. The fourth-order valence-corrected chi connectivity index (χ4v) is 4.29. The zero-order chi connectivity index (χ0) is 21.4. The molecule has 3 N–H and O–H groups in total. The number of fused-ring (bicyclic) bond motifs is 2. The van der Waals surface area contributed by atoms with Gasteiger partial charge in [-0.15, -0.1) is 0 Å². The lowest BCUT2D eigenvalue weighted by Gasteiger charge is -2.20. The highest BCUT2D eigenvalue weighted by atomic mass is 16.6. The standard InChI is InChI=1S/C23H24N6O2/c1-2-16-21(18-11-15-13-26-6-3-7-29(15)28-18)17(12-24)23(25)27-22(16)14-4-5-19-20(10-14)31-9-8-30-19/h4-5,10-11,26H,2-3,6-9,13H2,1H3,(H2,25,27). The van der Waals surface area contributed by atoms with Crippen LogP contribution in [0.5, 0.6) is 11.5 Å². The Morgan fingerprint density at radius 1 is 1.23 bits per heavy atom. The number of anilines is 1. The Balaban J connectivity index is 1.70. The van der Waals surface area contributed by atoms with E-state index in [4.69, 9.17) is 20.3 Å². The van der Waals surface area contributed by atoms with Crippen LogP contribution in [0.1, 0.15) is 30.2 Å². The number of hydrogen-bond acceptors (Lipinski definition) is 7. The fraction of sp³-hybridized carbons (Fsp3) is 0.348. The Bertz CT molecular complexity index is 1170. The summed E-state index contributed by atoms with van der Waals surface area (Å²) < 4.78 is 13.4. The van der Waals surface area contributed by atoms with Gasteiger partial charge >= 0.3 is 0 Å². The molecule has 0 fully saturated rings. The normalized spacial score (nSPS) is 15.1. The summed E-state index contributed by atoms with van der Waals surface area (Å²) in [5.74, 6) is 1.62. The second-order valence-corrected chi connectivity index (χ2v) is 7.67. The van der Waals surface area contributed by atoms with E-state index in [1.54, 1.807) is 0 Å². The van der Waals surface area contributed by atoms with Gasteiger partial charge in [0.05, 0.1) is 17.1 Å². The van der Waals surface area contributed by atoms with Crippen LogP contribution in [0.4, 0.5) is 5.82 Å². The molecule has 0 saturated heterocycles. The second kappa shape index (κ2) is 7.93. The molecule has 5 rings (SSSR count). The number of nitrogen functional groups attached to an aromatic ring is 1. The Hall–Kier alpha value is -3.57. The Morgan fingerprint density at radius 2 is 2.06 bits per heavy atom. The van der Waals surface area contributed by atoms with Crippen molar-refractivity contribution in [1.82, 2.24) is 20.1 Å². The van der Waals surface area contributed by atoms with Gasteiger partial charge in [-0.3, -0.25) is 4.68 Å². The van der Waals surface area contributed by atoms with E-state index in [9.17, 15) is 5.26 Å². The average Bonchev–Trinajstić information content (AvgIpc) is 3.07. The lowest BCUT2D eigenvalue weighted by Crippen LogP contribution is -2.15. The van der Waals surface area contributed by atoms with Crippen molar-refractivity contribution >= 4 is 5.82 Å². The smallest absolute Gasteiger partial charge is 0.162 e. The molecule has 3 aromatic rings. The first kappa shape index (κ1) is 19.4. The van der Waals surface area contributed by atoms with Gasteiger partial charge in [0.2, 0.25) is 0 Å². The molecule has 0 spiro atoms. The largest absolute Gasteiger partial charge is 0.486 e. The zero-order valence-electron chi connectivity index (χ0n) is 17.4. The van der Waals surface area contributed by atoms with Crippen LogP contribution >= 0.6 is 0 Å². The molecule has 0 unspecified atom stereocenters. The first-order valence-electron chi connectivity index (χ1n) is 10.6. The van der Waals surface area contributed by atoms with Crippen LogP contribution < -0.4 is 20.5 Å². The summed E-state index contributed by atoms with van der Waals surface area (Å²) in [5.41, 5.74) is 11.9. The monoisotopic (exact) mass is 416 g/mol. The van der Waals surface area contributed by atoms with Crippen molar-refractivity contribution in [2.45, 2.75) is 32.9 Å². The van der Waals surface area contributed by atoms with Gasteiger partial charge in [0.15, 0.2) is 11.5 Å². The molecule has 4 heterocycles. The number of nitrogens with zero attached hydrogens (tertiary/aromatic N) is 4. The third kappa shape index (κ3) is 3.37. The summed E-state index contributed by atoms with van der Waals surface area (Å²) in [7, 11) is 0. The van der Waals surface area contributed by atoms with Crippen LogP contribution in [0, 0.1) is 11.3 Å². The van der Waals surface area contributed by atoms with Crippen LogP contribution in [0.2, 0.25) is 0 Å². The molecule has 8 nitrogen and oxygen atoms in total. The van der Waals surface area contributed by atoms with E-state index in [0.717, 1.165) is 65.6 Å². The lowest BCUT2D eigenvalue weighted by molar-refractivity contribution is 0.171. The summed E-state index contributed by atoms with van der Waals surface area (Å²) in [5, 5.41) is 18.2. The highest BCUT2D eigenvalue weighted by molar-refractivity contribution is 5.83. The number of pyridine rings is 1. The highest BCUT2D eigenvalue weighted by Crippen LogP contribution is 2.40. The minimum atomic E-state index is 0.209. The zero-order valence-corrected chi connectivity index (χ0v) is 17.4. The average molecular weight is 416 g/mol. The predicted molar refractivity (Wildman–Crippen MR) is 117 cm³/mol. The maximum Gasteiger partial charge on any atom is 0.162 e. The molecular weight excluding hydrogens is 392 g/mol. The maximum absolute atomic E-state index is 9.89. The number of benzene rings is 1. The molecule has 158 valence electrons. The number of aromatic nitrogens is 3. The third-order valence-corrected chi connectivity index (χ3v) is 5.76. The van der Waals surface area contributed by atoms with E-state index >= 15 is 0 Å². The molecule has 0 amide bonds. The van der Waals surface area contributed by atoms with E-state index in [0.29, 0.717) is 30.9 Å². The second-order valence-electron chi connectivity index (χ2n) is 7.67. The van der Waals surface area contributed by atoms with E-state index in [-0.39, 0.29) is 5.82 Å². The maximum atomic E-state index is 9.89. The minimum Gasteiger partial charge on any atom is -0.486 e.